The number of hydrogen-bond acceptors (Lipinski definition) is 1. The Morgan fingerprint density at radius 3 is 2.73 bits per heavy atom. The predicted octanol–water partition coefficient (Wildman–Crippen LogP) is 3.62. The van der Waals surface area contributed by atoms with Gasteiger partial charge in [0, 0.05) is 17.0 Å². The third-order valence-corrected chi connectivity index (χ3v) is 2.65. The van der Waals surface area contributed by atoms with Crippen LogP contribution in [0.4, 0.5) is 4.39 Å². The molecule has 0 N–H and O–H groups in total. The van der Waals surface area contributed by atoms with Crippen LogP contribution in [0, 0.1) is 5.82 Å². The highest BCUT2D eigenvalue weighted by atomic mass is 35.5. The second-order valence-electron chi connectivity index (χ2n) is 3.59. The van der Waals surface area contributed by atoms with Gasteiger partial charge in [-0.1, -0.05) is 17.7 Å². The van der Waals surface area contributed by atoms with E-state index in [4.69, 9.17) is 11.6 Å². The number of halogens is 2. The number of benzene rings is 1. The maximum Gasteiger partial charge on any atom is 0.163 e. The summed E-state index contributed by atoms with van der Waals surface area (Å²) in [5, 5.41) is 0.323. The van der Waals surface area contributed by atoms with E-state index in [1.165, 1.54) is 12.1 Å². The summed E-state index contributed by atoms with van der Waals surface area (Å²) in [6, 6.07) is 4.21. The first-order chi connectivity index (χ1) is 7.16. The van der Waals surface area contributed by atoms with E-state index in [1.807, 2.05) is 6.08 Å². The van der Waals surface area contributed by atoms with E-state index in [1.54, 1.807) is 6.07 Å². The number of rotatable bonds is 1. The molecule has 15 heavy (non-hydrogen) atoms. The quantitative estimate of drug-likeness (QED) is 0.712. The minimum Gasteiger partial charge on any atom is -0.294 e. The lowest BCUT2D eigenvalue weighted by Crippen LogP contribution is -2.06. The zero-order chi connectivity index (χ0) is 10.8. The van der Waals surface area contributed by atoms with Gasteiger partial charge in [0.2, 0.25) is 0 Å². The Labute approximate surface area is 92.6 Å². The summed E-state index contributed by atoms with van der Waals surface area (Å²) in [4.78, 5) is 11.6. The first kappa shape index (κ1) is 10.4. The molecule has 0 heterocycles. The van der Waals surface area contributed by atoms with Crippen molar-refractivity contribution in [1.82, 2.24) is 0 Å². The maximum atomic E-state index is 13.1. The van der Waals surface area contributed by atoms with Crippen molar-refractivity contribution in [2.45, 2.75) is 19.3 Å². The molecule has 0 saturated heterocycles. The van der Waals surface area contributed by atoms with Crippen molar-refractivity contribution in [1.29, 1.82) is 0 Å². The number of carbonyl (C=O) groups is 1. The molecular formula is C12H10ClFO. The van der Waals surface area contributed by atoms with Gasteiger partial charge in [-0.05, 0) is 36.6 Å². The predicted molar refractivity (Wildman–Crippen MR) is 58.2 cm³/mol. The van der Waals surface area contributed by atoms with Crippen LogP contribution in [0.2, 0.25) is 5.02 Å². The second-order valence-corrected chi connectivity index (χ2v) is 4.03. The van der Waals surface area contributed by atoms with Crippen molar-refractivity contribution in [3.05, 3.63) is 40.7 Å². The van der Waals surface area contributed by atoms with Crippen molar-refractivity contribution < 1.29 is 9.18 Å². The van der Waals surface area contributed by atoms with Gasteiger partial charge in [0.25, 0.3) is 0 Å². The van der Waals surface area contributed by atoms with Crippen LogP contribution in [0.5, 0.6) is 0 Å². The molecule has 0 spiro atoms. The fourth-order valence-electron chi connectivity index (χ4n) is 1.75. The van der Waals surface area contributed by atoms with Crippen LogP contribution >= 0.6 is 11.6 Å². The Hall–Kier alpha value is -1.15. The summed E-state index contributed by atoms with van der Waals surface area (Å²) in [6.07, 6.45) is 4.15. The van der Waals surface area contributed by atoms with Gasteiger partial charge in [0.05, 0.1) is 0 Å². The van der Waals surface area contributed by atoms with E-state index in [0.29, 0.717) is 22.6 Å². The average Bonchev–Trinajstić information content (AvgIpc) is 2.16. The molecule has 0 atom stereocenters. The Kier molecular flexibility index (Phi) is 2.87. The molecule has 2 rings (SSSR count). The van der Waals surface area contributed by atoms with Gasteiger partial charge in [0.1, 0.15) is 5.82 Å². The smallest absolute Gasteiger partial charge is 0.163 e. The summed E-state index contributed by atoms with van der Waals surface area (Å²) in [6.45, 7) is 0. The lowest BCUT2D eigenvalue weighted by Gasteiger charge is -2.12. The summed E-state index contributed by atoms with van der Waals surface area (Å²) < 4.78 is 13.1. The second kappa shape index (κ2) is 4.15. The molecule has 0 unspecified atom stereocenters. The minimum absolute atomic E-state index is 0.0721. The molecule has 0 amide bonds. The monoisotopic (exact) mass is 224 g/mol. The Morgan fingerprint density at radius 2 is 2.07 bits per heavy atom. The van der Waals surface area contributed by atoms with Crippen molar-refractivity contribution >= 4 is 23.0 Å². The molecule has 1 aromatic rings. The van der Waals surface area contributed by atoms with Crippen LogP contribution in [0.25, 0.3) is 5.57 Å². The number of allylic oxidation sites excluding steroid dienone is 2. The molecule has 0 bridgehead atoms. The fraction of sp³-hybridized carbons (Fsp3) is 0.250. The standard InChI is InChI=1S/C12H10ClFO/c13-9-5-8(6-10(14)7-9)11-3-1-2-4-12(11)15/h3,5-7H,1-2,4H2. The van der Waals surface area contributed by atoms with Crippen LogP contribution in [0.1, 0.15) is 24.8 Å². The number of Topliss-reactive ketones (excluding diaryl/α,β-unsaturated/α-hetero) is 1. The average molecular weight is 225 g/mol. The molecule has 3 heteroatoms. The van der Waals surface area contributed by atoms with Crippen molar-refractivity contribution in [3.63, 3.8) is 0 Å². The van der Waals surface area contributed by atoms with Crippen molar-refractivity contribution in [2.24, 2.45) is 0 Å². The third kappa shape index (κ3) is 2.26. The molecule has 0 aliphatic heterocycles. The fourth-order valence-corrected chi connectivity index (χ4v) is 1.97. The molecular weight excluding hydrogens is 215 g/mol. The lowest BCUT2D eigenvalue weighted by atomic mass is 9.92. The molecule has 1 aliphatic carbocycles. The van der Waals surface area contributed by atoms with Crippen molar-refractivity contribution in [2.75, 3.05) is 0 Å². The van der Waals surface area contributed by atoms with Gasteiger partial charge in [0.15, 0.2) is 5.78 Å². The number of hydrogen-bond donors (Lipinski definition) is 0. The molecule has 78 valence electrons. The zero-order valence-corrected chi connectivity index (χ0v) is 8.85. The molecule has 0 aromatic heterocycles. The Morgan fingerprint density at radius 1 is 1.27 bits per heavy atom. The topological polar surface area (TPSA) is 17.1 Å². The van der Waals surface area contributed by atoms with E-state index in [-0.39, 0.29) is 5.78 Å². The molecule has 1 nitrogen and oxygen atoms in total. The largest absolute Gasteiger partial charge is 0.294 e. The van der Waals surface area contributed by atoms with E-state index < -0.39 is 5.82 Å². The maximum absolute atomic E-state index is 13.1. The van der Waals surface area contributed by atoms with Gasteiger partial charge in [-0.3, -0.25) is 4.79 Å². The lowest BCUT2D eigenvalue weighted by molar-refractivity contribution is -0.114. The molecule has 1 aromatic carbocycles. The normalized spacial score (nSPS) is 16.4. The first-order valence-corrected chi connectivity index (χ1v) is 5.24. The molecule has 0 fully saturated rings. The van der Waals surface area contributed by atoms with Crippen LogP contribution in [0.15, 0.2) is 24.3 Å². The van der Waals surface area contributed by atoms with Crippen LogP contribution < -0.4 is 0 Å². The van der Waals surface area contributed by atoms with E-state index in [0.717, 1.165) is 12.8 Å². The first-order valence-electron chi connectivity index (χ1n) is 4.86. The summed E-state index contributed by atoms with van der Waals surface area (Å²) in [5.74, 6) is -0.334. The Balaban J connectivity index is 2.44. The Bertz CT molecular complexity index is 417. The SMILES string of the molecule is O=C1CCCC=C1c1cc(F)cc(Cl)c1. The number of ketones is 1. The van der Waals surface area contributed by atoms with Gasteiger partial charge in [-0.15, -0.1) is 0 Å². The number of carbonyl (C=O) groups excluding carboxylic acids is 1. The summed E-state index contributed by atoms with van der Waals surface area (Å²) >= 11 is 5.74. The molecule has 0 saturated carbocycles. The molecule has 1 aliphatic rings. The van der Waals surface area contributed by atoms with Crippen LogP contribution in [-0.4, -0.2) is 5.78 Å². The summed E-state index contributed by atoms with van der Waals surface area (Å²) in [5.41, 5.74) is 1.19. The third-order valence-electron chi connectivity index (χ3n) is 2.43. The highest BCUT2D eigenvalue weighted by Crippen LogP contribution is 2.26. The van der Waals surface area contributed by atoms with Crippen LogP contribution in [0.3, 0.4) is 0 Å². The highest BCUT2D eigenvalue weighted by molar-refractivity contribution is 6.31. The van der Waals surface area contributed by atoms with Crippen molar-refractivity contribution in [3.8, 4) is 0 Å². The highest BCUT2D eigenvalue weighted by Gasteiger charge is 2.16. The summed E-state index contributed by atoms with van der Waals surface area (Å²) in [7, 11) is 0. The zero-order valence-electron chi connectivity index (χ0n) is 8.09. The van der Waals surface area contributed by atoms with Gasteiger partial charge >= 0.3 is 0 Å². The minimum atomic E-state index is -0.406. The van der Waals surface area contributed by atoms with E-state index in [2.05, 4.69) is 0 Å². The molecule has 0 radical (unpaired) electrons. The van der Waals surface area contributed by atoms with Gasteiger partial charge in [-0.2, -0.15) is 0 Å². The van der Waals surface area contributed by atoms with Crippen LogP contribution in [-0.2, 0) is 4.79 Å². The van der Waals surface area contributed by atoms with Gasteiger partial charge in [-0.25, -0.2) is 4.39 Å². The van der Waals surface area contributed by atoms with E-state index in [9.17, 15) is 9.18 Å². The van der Waals surface area contributed by atoms with E-state index >= 15 is 0 Å². The van der Waals surface area contributed by atoms with Gasteiger partial charge < -0.3 is 0 Å².